The molecule has 2 aromatic heterocycles. The van der Waals surface area contributed by atoms with Crippen LogP contribution in [-0.2, 0) is 0 Å². The molecule has 0 spiro atoms. The SMILES string of the molecule is Cc1c(F)cc(C(=O)NC2CC2)cc1-c1ccc2c(cnn2-c2cc(=O)[nH]cn2)c1. The van der Waals surface area contributed by atoms with Gasteiger partial charge in [0, 0.05) is 23.1 Å². The number of halogens is 1. The van der Waals surface area contributed by atoms with Crippen LogP contribution in [0.4, 0.5) is 4.39 Å². The molecule has 1 aliphatic carbocycles. The van der Waals surface area contributed by atoms with E-state index in [0.29, 0.717) is 22.5 Å². The van der Waals surface area contributed by atoms with E-state index in [1.165, 1.54) is 18.5 Å². The molecule has 1 aliphatic rings. The van der Waals surface area contributed by atoms with Crippen LogP contribution >= 0.6 is 0 Å². The number of carbonyl (C=O) groups is 1. The number of hydrogen-bond acceptors (Lipinski definition) is 4. The number of nitrogens with one attached hydrogen (secondary N) is 2. The van der Waals surface area contributed by atoms with Gasteiger partial charge in [0.05, 0.1) is 18.0 Å². The molecule has 30 heavy (non-hydrogen) atoms. The van der Waals surface area contributed by atoms with Crippen molar-refractivity contribution in [2.45, 2.75) is 25.8 Å². The second-order valence-electron chi connectivity index (χ2n) is 7.48. The van der Waals surface area contributed by atoms with Gasteiger partial charge >= 0.3 is 0 Å². The minimum atomic E-state index is -0.419. The third-order valence-corrected chi connectivity index (χ3v) is 5.28. The zero-order valence-electron chi connectivity index (χ0n) is 16.1. The molecule has 5 rings (SSSR count). The summed E-state index contributed by atoms with van der Waals surface area (Å²) in [6.07, 6.45) is 4.92. The Morgan fingerprint density at radius 2 is 2.07 bits per heavy atom. The van der Waals surface area contributed by atoms with Gasteiger partial charge in [-0.15, -0.1) is 0 Å². The number of aromatic nitrogens is 4. The smallest absolute Gasteiger partial charge is 0.252 e. The molecular weight excluding hydrogens is 385 g/mol. The predicted octanol–water partition coefficient (Wildman–Crippen LogP) is 3.12. The van der Waals surface area contributed by atoms with Gasteiger partial charge in [0.15, 0.2) is 5.82 Å². The highest BCUT2D eigenvalue weighted by Crippen LogP contribution is 2.30. The van der Waals surface area contributed by atoms with E-state index in [0.717, 1.165) is 29.3 Å². The normalized spacial score (nSPS) is 13.5. The molecule has 150 valence electrons. The molecule has 8 heteroatoms. The zero-order chi connectivity index (χ0) is 20.8. The summed E-state index contributed by atoms with van der Waals surface area (Å²) in [6, 6.07) is 10.1. The van der Waals surface area contributed by atoms with E-state index < -0.39 is 5.82 Å². The Bertz CT molecular complexity index is 1350. The van der Waals surface area contributed by atoms with Crippen LogP contribution < -0.4 is 10.9 Å². The van der Waals surface area contributed by atoms with Crippen molar-refractivity contribution in [2.24, 2.45) is 0 Å². The first-order valence-electron chi connectivity index (χ1n) is 9.64. The maximum Gasteiger partial charge on any atom is 0.252 e. The number of carbonyl (C=O) groups excluding carboxylic acids is 1. The summed E-state index contributed by atoms with van der Waals surface area (Å²) in [5, 5.41) is 8.03. The quantitative estimate of drug-likeness (QED) is 0.548. The fourth-order valence-corrected chi connectivity index (χ4v) is 3.46. The first kappa shape index (κ1) is 18.2. The Kier molecular flexibility index (Phi) is 4.20. The van der Waals surface area contributed by atoms with Crippen LogP contribution in [0.2, 0.25) is 0 Å². The maximum absolute atomic E-state index is 14.6. The summed E-state index contributed by atoms with van der Waals surface area (Å²) in [4.78, 5) is 30.6. The zero-order valence-corrected chi connectivity index (χ0v) is 16.1. The van der Waals surface area contributed by atoms with Gasteiger partial charge in [-0.1, -0.05) is 6.07 Å². The van der Waals surface area contributed by atoms with Crippen LogP contribution in [0.3, 0.4) is 0 Å². The van der Waals surface area contributed by atoms with Crippen molar-refractivity contribution < 1.29 is 9.18 Å². The number of H-pyrrole nitrogens is 1. The number of fused-ring (bicyclic) bond motifs is 1. The molecule has 0 aliphatic heterocycles. The number of nitrogens with zero attached hydrogens (tertiary/aromatic N) is 3. The first-order valence-corrected chi connectivity index (χ1v) is 9.64. The van der Waals surface area contributed by atoms with Gasteiger partial charge in [0.1, 0.15) is 5.82 Å². The van der Waals surface area contributed by atoms with Gasteiger partial charge in [0.2, 0.25) is 0 Å². The van der Waals surface area contributed by atoms with E-state index in [4.69, 9.17) is 0 Å². The molecule has 1 amide bonds. The third kappa shape index (κ3) is 3.26. The van der Waals surface area contributed by atoms with Crippen LogP contribution in [0, 0.1) is 12.7 Å². The summed E-state index contributed by atoms with van der Waals surface area (Å²) in [6.45, 7) is 1.70. The van der Waals surface area contributed by atoms with Crippen molar-refractivity contribution in [1.29, 1.82) is 0 Å². The van der Waals surface area contributed by atoms with Crippen molar-refractivity contribution in [3.05, 3.63) is 76.2 Å². The second-order valence-corrected chi connectivity index (χ2v) is 7.48. The molecule has 0 bridgehead atoms. The average molecular weight is 403 g/mol. The lowest BCUT2D eigenvalue weighted by Gasteiger charge is -2.11. The van der Waals surface area contributed by atoms with Gasteiger partial charge in [-0.25, -0.2) is 14.1 Å². The van der Waals surface area contributed by atoms with Crippen LogP contribution in [0.5, 0.6) is 0 Å². The third-order valence-electron chi connectivity index (χ3n) is 5.28. The molecule has 0 unspecified atom stereocenters. The first-order chi connectivity index (χ1) is 14.5. The predicted molar refractivity (Wildman–Crippen MR) is 110 cm³/mol. The van der Waals surface area contributed by atoms with Crippen molar-refractivity contribution in [1.82, 2.24) is 25.1 Å². The Balaban J connectivity index is 1.57. The number of aromatic amines is 1. The summed E-state index contributed by atoms with van der Waals surface area (Å²) in [5.41, 5.74) is 2.70. The number of amides is 1. The molecule has 1 saturated carbocycles. The van der Waals surface area contributed by atoms with E-state index in [1.807, 2.05) is 18.2 Å². The van der Waals surface area contributed by atoms with Crippen LogP contribution in [0.15, 0.2) is 53.7 Å². The van der Waals surface area contributed by atoms with Crippen LogP contribution in [-0.4, -0.2) is 31.7 Å². The monoisotopic (exact) mass is 403 g/mol. The van der Waals surface area contributed by atoms with E-state index in [-0.39, 0.29) is 17.5 Å². The van der Waals surface area contributed by atoms with Crippen molar-refractivity contribution in [2.75, 3.05) is 0 Å². The minimum absolute atomic E-state index is 0.200. The molecule has 7 nitrogen and oxygen atoms in total. The van der Waals surface area contributed by atoms with Crippen LogP contribution in [0.25, 0.3) is 27.8 Å². The van der Waals surface area contributed by atoms with Gasteiger partial charge in [-0.05, 0) is 60.7 Å². The van der Waals surface area contributed by atoms with Gasteiger partial charge in [0.25, 0.3) is 11.5 Å². The average Bonchev–Trinajstić information content (AvgIpc) is 3.45. The molecule has 2 aromatic carbocycles. The van der Waals surface area contributed by atoms with Gasteiger partial charge < -0.3 is 10.3 Å². The molecule has 2 N–H and O–H groups in total. The van der Waals surface area contributed by atoms with E-state index in [1.54, 1.807) is 23.9 Å². The fourth-order valence-electron chi connectivity index (χ4n) is 3.46. The molecule has 2 heterocycles. The fraction of sp³-hybridized carbons (Fsp3) is 0.182. The van der Waals surface area contributed by atoms with Crippen LogP contribution in [0.1, 0.15) is 28.8 Å². The molecule has 0 radical (unpaired) electrons. The Labute approximate surface area is 170 Å². The van der Waals surface area contributed by atoms with Crippen molar-refractivity contribution >= 4 is 16.8 Å². The lowest BCUT2D eigenvalue weighted by Crippen LogP contribution is -2.25. The van der Waals surface area contributed by atoms with E-state index in [9.17, 15) is 14.0 Å². The molecule has 4 aromatic rings. The lowest BCUT2D eigenvalue weighted by atomic mass is 9.96. The van der Waals surface area contributed by atoms with Crippen molar-refractivity contribution in [3.8, 4) is 16.9 Å². The van der Waals surface area contributed by atoms with E-state index >= 15 is 0 Å². The Morgan fingerprint density at radius 3 is 2.83 bits per heavy atom. The second kappa shape index (κ2) is 6.91. The highest BCUT2D eigenvalue weighted by Gasteiger charge is 2.24. The summed E-state index contributed by atoms with van der Waals surface area (Å²) >= 11 is 0. The largest absolute Gasteiger partial charge is 0.349 e. The number of hydrogen-bond donors (Lipinski definition) is 2. The Hall–Kier alpha value is -3.81. The standard InChI is InChI=1S/C22H18FN5O2/c1-12-17(7-14(8-18(12)23)22(30)27-16-3-4-16)13-2-5-19-15(6-13)10-26-28(19)20-9-21(29)25-11-24-20/h2,5-11,16H,3-4H2,1H3,(H,27,30)(H,24,25,29). The van der Waals surface area contributed by atoms with E-state index in [2.05, 4.69) is 20.4 Å². The topological polar surface area (TPSA) is 92.7 Å². The lowest BCUT2D eigenvalue weighted by molar-refractivity contribution is 0.0950. The van der Waals surface area contributed by atoms with Crippen molar-refractivity contribution in [3.63, 3.8) is 0 Å². The number of rotatable bonds is 4. The molecule has 0 atom stereocenters. The van der Waals surface area contributed by atoms with Gasteiger partial charge in [-0.3, -0.25) is 9.59 Å². The molecule has 1 fully saturated rings. The molecular formula is C22H18FN5O2. The minimum Gasteiger partial charge on any atom is -0.349 e. The summed E-state index contributed by atoms with van der Waals surface area (Å²) in [5.74, 6) is -0.272. The highest BCUT2D eigenvalue weighted by molar-refractivity contribution is 5.96. The Morgan fingerprint density at radius 1 is 1.23 bits per heavy atom. The highest BCUT2D eigenvalue weighted by atomic mass is 19.1. The maximum atomic E-state index is 14.6. The summed E-state index contributed by atoms with van der Waals surface area (Å²) < 4.78 is 16.1. The van der Waals surface area contributed by atoms with Gasteiger partial charge in [-0.2, -0.15) is 5.10 Å². The molecule has 0 saturated heterocycles. The number of benzene rings is 2. The summed E-state index contributed by atoms with van der Waals surface area (Å²) in [7, 11) is 0.